The number of aryl methyl sites for hydroxylation is 1. The van der Waals surface area contributed by atoms with Crippen LogP contribution in [0.4, 0.5) is 9.18 Å². The van der Waals surface area contributed by atoms with Crippen molar-refractivity contribution in [3.8, 4) is 6.07 Å². The fourth-order valence-electron chi connectivity index (χ4n) is 3.91. The molecule has 3 heterocycles. The Kier molecular flexibility index (Phi) is 4.75. The van der Waals surface area contributed by atoms with Gasteiger partial charge in [-0.3, -0.25) is 0 Å². The zero-order valence-corrected chi connectivity index (χ0v) is 15.0. The van der Waals surface area contributed by atoms with Crippen LogP contribution in [-0.4, -0.2) is 38.8 Å². The van der Waals surface area contributed by atoms with Crippen LogP contribution in [0, 0.1) is 23.1 Å². The summed E-state index contributed by atoms with van der Waals surface area (Å²) in [4.78, 5) is 14.3. The molecule has 4 rings (SSSR count). The molecule has 1 saturated heterocycles. The van der Waals surface area contributed by atoms with Gasteiger partial charge in [-0.2, -0.15) is 5.26 Å². The number of likely N-dealkylation sites (tertiary alicyclic amines) is 1. The molecule has 1 aromatic heterocycles. The SMILES string of the molecule is N#Cc1cc(CC2CCN(C(=O)NCc3nnc4n3CCC4)C2)ccc1F. The number of nitrogens with zero attached hydrogens (tertiary/aromatic N) is 5. The Morgan fingerprint density at radius 3 is 3.11 bits per heavy atom. The van der Waals surface area contributed by atoms with Crippen LogP contribution in [0.2, 0.25) is 0 Å². The van der Waals surface area contributed by atoms with Crippen molar-refractivity contribution in [2.45, 2.75) is 38.8 Å². The Morgan fingerprint density at radius 1 is 1.37 bits per heavy atom. The van der Waals surface area contributed by atoms with Crippen molar-refractivity contribution in [2.75, 3.05) is 13.1 Å². The van der Waals surface area contributed by atoms with Gasteiger partial charge in [0.1, 0.15) is 17.7 Å². The Labute approximate surface area is 156 Å². The van der Waals surface area contributed by atoms with Crippen molar-refractivity contribution >= 4 is 6.03 Å². The fourth-order valence-corrected chi connectivity index (χ4v) is 3.91. The van der Waals surface area contributed by atoms with Crippen molar-refractivity contribution in [1.82, 2.24) is 25.0 Å². The van der Waals surface area contributed by atoms with Gasteiger partial charge in [-0.25, -0.2) is 9.18 Å². The first-order chi connectivity index (χ1) is 13.1. The quantitative estimate of drug-likeness (QED) is 0.894. The van der Waals surface area contributed by atoms with Gasteiger partial charge in [0.2, 0.25) is 0 Å². The summed E-state index contributed by atoms with van der Waals surface area (Å²) < 4.78 is 15.5. The Morgan fingerprint density at radius 2 is 2.26 bits per heavy atom. The molecule has 8 heteroatoms. The molecule has 2 amide bonds. The monoisotopic (exact) mass is 368 g/mol. The van der Waals surface area contributed by atoms with Crippen LogP contribution in [0.3, 0.4) is 0 Å². The number of halogens is 1. The zero-order valence-electron chi connectivity index (χ0n) is 15.0. The summed E-state index contributed by atoms with van der Waals surface area (Å²) in [7, 11) is 0. The van der Waals surface area contributed by atoms with Crippen molar-refractivity contribution in [3.05, 3.63) is 46.8 Å². The maximum Gasteiger partial charge on any atom is 0.317 e. The van der Waals surface area contributed by atoms with E-state index in [1.165, 1.54) is 6.07 Å². The molecule has 0 aliphatic carbocycles. The lowest BCUT2D eigenvalue weighted by Crippen LogP contribution is -2.38. The Hall–Kier alpha value is -2.95. The standard InChI is InChI=1S/C19H21FN6O/c20-16-4-3-13(9-15(16)10-21)8-14-5-7-25(12-14)19(27)22-11-18-24-23-17-2-1-6-26(17)18/h3-4,9,14H,1-2,5-8,11-12H2,(H,22,27). The molecule has 2 aliphatic rings. The number of urea groups is 1. The minimum absolute atomic E-state index is 0.0703. The zero-order chi connectivity index (χ0) is 18.8. The summed E-state index contributed by atoms with van der Waals surface area (Å²) >= 11 is 0. The second-order valence-electron chi connectivity index (χ2n) is 7.18. The molecule has 0 radical (unpaired) electrons. The summed E-state index contributed by atoms with van der Waals surface area (Å²) in [5, 5.41) is 20.2. The lowest BCUT2D eigenvalue weighted by molar-refractivity contribution is 0.206. The molecule has 1 fully saturated rings. The van der Waals surface area contributed by atoms with Crippen LogP contribution in [0.5, 0.6) is 0 Å². The van der Waals surface area contributed by atoms with Gasteiger partial charge in [-0.05, 0) is 42.9 Å². The number of carbonyl (C=O) groups is 1. The van der Waals surface area contributed by atoms with Crippen molar-refractivity contribution in [1.29, 1.82) is 5.26 Å². The minimum Gasteiger partial charge on any atom is -0.331 e. The van der Waals surface area contributed by atoms with Crippen LogP contribution in [-0.2, 0) is 25.9 Å². The van der Waals surface area contributed by atoms with Gasteiger partial charge in [0, 0.05) is 26.1 Å². The number of benzene rings is 1. The van der Waals surface area contributed by atoms with E-state index in [9.17, 15) is 9.18 Å². The van der Waals surface area contributed by atoms with Gasteiger partial charge in [0.15, 0.2) is 5.82 Å². The number of nitriles is 1. The molecule has 2 aliphatic heterocycles. The maximum absolute atomic E-state index is 13.4. The molecule has 7 nitrogen and oxygen atoms in total. The van der Waals surface area contributed by atoms with Gasteiger partial charge >= 0.3 is 6.03 Å². The molecule has 1 aromatic carbocycles. The number of carbonyl (C=O) groups excluding carboxylic acids is 1. The predicted octanol–water partition coefficient (Wildman–Crippen LogP) is 2.01. The van der Waals surface area contributed by atoms with E-state index in [2.05, 4.69) is 20.1 Å². The average Bonchev–Trinajstić information content (AvgIpc) is 3.39. The number of fused-ring (bicyclic) bond motifs is 1. The third-order valence-electron chi connectivity index (χ3n) is 5.33. The third-order valence-corrected chi connectivity index (χ3v) is 5.33. The predicted molar refractivity (Wildman–Crippen MR) is 95.1 cm³/mol. The topological polar surface area (TPSA) is 86.8 Å². The third kappa shape index (κ3) is 3.63. The van der Waals surface area contributed by atoms with Crippen LogP contribution in [0.25, 0.3) is 0 Å². The first kappa shape index (κ1) is 17.5. The van der Waals surface area contributed by atoms with Gasteiger partial charge in [0.05, 0.1) is 12.1 Å². The van der Waals surface area contributed by atoms with E-state index in [0.29, 0.717) is 25.6 Å². The summed E-state index contributed by atoms with van der Waals surface area (Å²) in [6.07, 6.45) is 3.66. The smallest absolute Gasteiger partial charge is 0.317 e. The molecule has 1 N–H and O–H groups in total. The van der Waals surface area contributed by atoms with E-state index in [1.54, 1.807) is 17.0 Å². The molecule has 1 unspecified atom stereocenters. The molecule has 27 heavy (non-hydrogen) atoms. The van der Waals surface area contributed by atoms with Crippen molar-refractivity contribution in [3.63, 3.8) is 0 Å². The Balaban J connectivity index is 1.30. The average molecular weight is 368 g/mol. The summed E-state index contributed by atoms with van der Waals surface area (Å²) in [6, 6.07) is 6.43. The highest BCUT2D eigenvalue weighted by atomic mass is 19.1. The Bertz CT molecular complexity index is 902. The maximum atomic E-state index is 13.4. The molecule has 0 saturated carbocycles. The van der Waals surface area contributed by atoms with E-state index >= 15 is 0 Å². The van der Waals surface area contributed by atoms with Crippen molar-refractivity contribution < 1.29 is 9.18 Å². The van der Waals surface area contributed by atoms with Gasteiger partial charge < -0.3 is 14.8 Å². The number of hydrogen-bond donors (Lipinski definition) is 1. The molecule has 1 atom stereocenters. The van der Waals surface area contributed by atoms with Crippen LogP contribution in [0.15, 0.2) is 18.2 Å². The second-order valence-corrected chi connectivity index (χ2v) is 7.18. The normalized spacial score (nSPS) is 18.4. The highest BCUT2D eigenvalue weighted by Crippen LogP contribution is 2.22. The molecule has 2 aromatic rings. The molecule has 0 bridgehead atoms. The van der Waals surface area contributed by atoms with Crippen LogP contribution >= 0.6 is 0 Å². The van der Waals surface area contributed by atoms with E-state index < -0.39 is 5.82 Å². The summed E-state index contributed by atoms with van der Waals surface area (Å²) in [6.45, 7) is 2.65. The lowest BCUT2D eigenvalue weighted by Gasteiger charge is -2.17. The molecule has 0 spiro atoms. The first-order valence-corrected chi connectivity index (χ1v) is 9.26. The number of aromatic nitrogens is 3. The summed E-state index contributed by atoms with van der Waals surface area (Å²) in [5.74, 6) is 1.62. The van der Waals surface area contributed by atoms with E-state index in [0.717, 1.165) is 49.4 Å². The second kappa shape index (κ2) is 7.35. The number of hydrogen-bond acceptors (Lipinski definition) is 4. The fraction of sp³-hybridized carbons (Fsp3) is 0.474. The number of amides is 2. The number of nitrogens with one attached hydrogen (secondary N) is 1. The molecular formula is C19H21FN6O. The molecular weight excluding hydrogens is 347 g/mol. The van der Waals surface area contributed by atoms with Gasteiger partial charge in [0.25, 0.3) is 0 Å². The lowest BCUT2D eigenvalue weighted by atomic mass is 9.97. The van der Waals surface area contributed by atoms with Gasteiger partial charge in [-0.1, -0.05) is 6.07 Å². The molecule has 140 valence electrons. The summed E-state index contributed by atoms with van der Waals surface area (Å²) in [5.41, 5.74) is 1.00. The minimum atomic E-state index is -0.492. The van der Waals surface area contributed by atoms with Crippen LogP contribution in [0.1, 0.15) is 35.6 Å². The van der Waals surface area contributed by atoms with E-state index in [1.807, 2.05) is 6.07 Å². The van der Waals surface area contributed by atoms with Gasteiger partial charge in [-0.15, -0.1) is 10.2 Å². The largest absolute Gasteiger partial charge is 0.331 e. The number of rotatable bonds is 4. The van der Waals surface area contributed by atoms with E-state index in [-0.39, 0.29) is 11.6 Å². The van der Waals surface area contributed by atoms with Crippen molar-refractivity contribution in [2.24, 2.45) is 5.92 Å². The first-order valence-electron chi connectivity index (χ1n) is 9.26. The highest BCUT2D eigenvalue weighted by molar-refractivity contribution is 5.74. The van der Waals surface area contributed by atoms with E-state index in [4.69, 9.17) is 5.26 Å². The highest BCUT2D eigenvalue weighted by Gasteiger charge is 2.27. The van der Waals surface area contributed by atoms with Crippen LogP contribution < -0.4 is 5.32 Å².